The van der Waals surface area contributed by atoms with E-state index in [1.54, 1.807) is 9.80 Å². The van der Waals surface area contributed by atoms with Crippen LogP contribution in [0.25, 0.3) is 0 Å². The first kappa shape index (κ1) is 29.8. The van der Waals surface area contributed by atoms with E-state index in [9.17, 15) is 40.0 Å². The molecule has 1 aromatic carbocycles. The molecule has 2 aromatic heterocycles. The van der Waals surface area contributed by atoms with E-state index in [0.29, 0.717) is 25.6 Å². The number of pyridine rings is 1. The summed E-state index contributed by atoms with van der Waals surface area (Å²) < 4.78 is 108. The smallest absolute Gasteiger partial charge is 0.354 e. The molecule has 1 aliphatic rings. The Hall–Kier alpha value is -4.13. The highest BCUT2D eigenvalue weighted by Gasteiger charge is 2.37. The van der Waals surface area contributed by atoms with Crippen molar-refractivity contribution in [3.63, 3.8) is 0 Å². The van der Waals surface area contributed by atoms with Gasteiger partial charge in [0.15, 0.2) is 0 Å². The van der Waals surface area contributed by atoms with E-state index >= 15 is 0 Å². The summed E-state index contributed by atoms with van der Waals surface area (Å²) in [5, 5.41) is 9.94. The molecule has 1 N–H and O–H groups in total. The van der Waals surface area contributed by atoms with Gasteiger partial charge in [0.1, 0.15) is 17.6 Å². The zero-order chi connectivity index (χ0) is 30.2. The van der Waals surface area contributed by atoms with Crippen molar-refractivity contribution in [1.82, 2.24) is 15.0 Å². The lowest BCUT2D eigenvalue weighted by molar-refractivity contribution is -0.141. The number of alkyl halides is 6. The molecule has 0 aliphatic carbocycles. The summed E-state index contributed by atoms with van der Waals surface area (Å²) in [7, 11) is -4.73. The first-order valence-corrected chi connectivity index (χ1v) is 13.6. The molecule has 0 atom stereocenters. The summed E-state index contributed by atoms with van der Waals surface area (Å²) in [6, 6.07) is 6.50. The molecular formula is C25H23F6N7O2S. The fourth-order valence-electron chi connectivity index (χ4n) is 4.46. The van der Waals surface area contributed by atoms with Gasteiger partial charge in [-0.15, -0.1) is 0 Å². The van der Waals surface area contributed by atoms with E-state index < -0.39 is 38.5 Å². The number of halogens is 6. The van der Waals surface area contributed by atoms with Gasteiger partial charge in [0.2, 0.25) is 5.95 Å². The summed E-state index contributed by atoms with van der Waals surface area (Å²) >= 11 is 0. The highest BCUT2D eigenvalue weighted by molar-refractivity contribution is 7.92. The molecule has 0 unspecified atom stereocenters. The van der Waals surface area contributed by atoms with Gasteiger partial charge in [-0.25, -0.2) is 23.4 Å². The number of benzene rings is 1. The topological polar surface area (TPSA) is 115 Å². The lowest BCUT2D eigenvalue weighted by atomic mass is 10.1. The normalized spacial score (nSPS) is 14.9. The third-order valence-electron chi connectivity index (χ3n) is 6.45. The summed E-state index contributed by atoms with van der Waals surface area (Å²) in [6.07, 6.45) is -8.07. The first-order valence-electron chi connectivity index (χ1n) is 12.1. The third kappa shape index (κ3) is 6.29. The maximum absolute atomic E-state index is 13.5. The molecule has 3 heterocycles. The van der Waals surface area contributed by atoms with E-state index in [4.69, 9.17) is 0 Å². The SMILES string of the molecule is Cc1nc(N2CCCN(c3nccc(C(F)(F)F)n3)CC2)c(C#N)c(C)c1NS(=O)(=O)c1ccccc1C(F)(F)F. The van der Waals surface area contributed by atoms with E-state index in [2.05, 4.69) is 19.7 Å². The van der Waals surface area contributed by atoms with Crippen LogP contribution in [0.3, 0.4) is 0 Å². The number of anilines is 3. The van der Waals surface area contributed by atoms with Gasteiger partial charge in [0.25, 0.3) is 10.0 Å². The lowest BCUT2D eigenvalue weighted by Crippen LogP contribution is -2.33. The Labute approximate surface area is 231 Å². The number of nitrogens with zero attached hydrogens (tertiary/aromatic N) is 6. The standard InChI is InChI=1S/C25H23F6N7O2S/c1-15-17(14-32)22(37-10-5-11-38(13-12-37)23-33-9-8-20(35-23)25(29,30)31)34-16(2)21(15)36-41(39,40)19-7-4-3-6-18(19)24(26,27)28/h3-4,6-9,36H,5,10-13H2,1-2H3. The van der Waals surface area contributed by atoms with Crippen LogP contribution in [0, 0.1) is 25.2 Å². The van der Waals surface area contributed by atoms with Crippen molar-refractivity contribution in [2.24, 2.45) is 0 Å². The molecule has 1 fully saturated rings. The van der Waals surface area contributed by atoms with Gasteiger partial charge in [0, 0.05) is 32.4 Å². The number of hydrogen-bond donors (Lipinski definition) is 1. The van der Waals surface area contributed by atoms with Gasteiger partial charge in [-0.2, -0.15) is 31.6 Å². The molecule has 9 nitrogen and oxygen atoms in total. The molecule has 1 saturated heterocycles. The largest absolute Gasteiger partial charge is 0.433 e. The molecule has 4 rings (SSSR count). The van der Waals surface area contributed by atoms with E-state index in [1.165, 1.54) is 19.9 Å². The Morgan fingerprint density at radius 1 is 0.927 bits per heavy atom. The first-order chi connectivity index (χ1) is 19.1. The Morgan fingerprint density at radius 3 is 2.24 bits per heavy atom. The summed E-state index contributed by atoms with van der Waals surface area (Å²) in [5.74, 6) is 0.124. The second kappa shape index (κ2) is 11.0. The molecule has 41 heavy (non-hydrogen) atoms. The Bertz CT molecular complexity index is 1600. The number of nitrogens with one attached hydrogen (secondary N) is 1. The molecule has 0 spiro atoms. The van der Waals surface area contributed by atoms with Gasteiger partial charge < -0.3 is 9.80 Å². The quantitative estimate of drug-likeness (QED) is 0.412. The lowest BCUT2D eigenvalue weighted by Gasteiger charge is -2.26. The average molecular weight is 600 g/mol. The van der Waals surface area contributed by atoms with Crippen LogP contribution in [0.5, 0.6) is 0 Å². The van der Waals surface area contributed by atoms with Crippen LogP contribution >= 0.6 is 0 Å². The molecule has 1 aliphatic heterocycles. The highest BCUT2D eigenvalue weighted by Crippen LogP contribution is 2.36. The van der Waals surface area contributed by atoms with Crippen LogP contribution in [0.1, 0.15) is 34.5 Å². The zero-order valence-electron chi connectivity index (χ0n) is 21.7. The second-order valence-electron chi connectivity index (χ2n) is 9.17. The van der Waals surface area contributed by atoms with Crippen molar-refractivity contribution >= 4 is 27.5 Å². The number of aromatic nitrogens is 3. The second-order valence-corrected chi connectivity index (χ2v) is 10.8. The minimum absolute atomic E-state index is 0.00109. The molecular weight excluding hydrogens is 576 g/mol. The molecule has 218 valence electrons. The minimum Gasteiger partial charge on any atom is -0.354 e. The van der Waals surface area contributed by atoms with Crippen molar-refractivity contribution < 1.29 is 34.8 Å². The molecule has 16 heteroatoms. The van der Waals surface area contributed by atoms with Crippen molar-refractivity contribution in [3.05, 3.63) is 64.6 Å². The number of sulfonamides is 1. The molecule has 0 radical (unpaired) electrons. The van der Waals surface area contributed by atoms with Gasteiger partial charge >= 0.3 is 12.4 Å². The molecule has 0 saturated carbocycles. The van der Waals surface area contributed by atoms with Crippen molar-refractivity contribution in [3.8, 4) is 6.07 Å². The Morgan fingerprint density at radius 2 is 1.59 bits per heavy atom. The van der Waals surface area contributed by atoms with Crippen molar-refractivity contribution in [2.75, 3.05) is 40.7 Å². The fraction of sp³-hybridized carbons (Fsp3) is 0.360. The monoisotopic (exact) mass is 599 g/mol. The van der Waals surface area contributed by atoms with Crippen LogP contribution in [0.15, 0.2) is 41.4 Å². The van der Waals surface area contributed by atoms with Crippen molar-refractivity contribution in [1.29, 1.82) is 5.26 Å². The van der Waals surface area contributed by atoms with Crippen molar-refractivity contribution in [2.45, 2.75) is 37.5 Å². The van der Waals surface area contributed by atoms with Gasteiger partial charge in [-0.3, -0.25) is 4.72 Å². The van der Waals surface area contributed by atoms with Gasteiger partial charge in [-0.05, 0) is 44.0 Å². The summed E-state index contributed by atoms with van der Waals surface area (Å²) in [4.78, 5) is 14.4. The maximum Gasteiger partial charge on any atom is 0.433 e. The predicted molar refractivity (Wildman–Crippen MR) is 137 cm³/mol. The average Bonchev–Trinajstić information content (AvgIpc) is 3.16. The van der Waals surface area contributed by atoms with E-state index in [-0.39, 0.29) is 47.4 Å². The van der Waals surface area contributed by atoms with Crippen LogP contribution in [0.2, 0.25) is 0 Å². The molecule has 3 aromatic rings. The van der Waals surface area contributed by atoms with Gasteiger partial charge in [-0.1, -0.05) is 12.1 Å². The highest BCUT2D eigenvalue weighted by atomic mass is 32.2. The number of aryl methyl sites for hydroxylation is 1. The Kier molecular flexibility index (Phi) is 8.03. The van der Waals surface area contributed by atoms with E-state index in [0.717, 1.165) is 24.4 Å². The number of hydrogen-bond acceptors (Lipinski definition) is 8. The van der Waals surface area contributed by atoms with E-state index in [1.807, 2.05) is 6.07 Å². The maximum atomic E-state index is 13.5. The third-order valence-corrected chi connectivity index (χ3v) is 7.86. The zero-order valence-corrected chi connectivity index (χ0v) is 22.5. The van der Waals surface area contributed by atoms with Gasteiger partial charge in [0.05, 0.1) is 27.4 Å². The molecule has 0 bridgehead atoms. The summed E-state index contributed by atoms with van der Waals surface area (Å²) in [6.45, 7) is 4.02. The van der Waals surface area contributed by atoms with Crippen LogP contribution < -0.4 is 14.5 Å². The van der Waals surface area contributed by atoms with Crippen LogP contribution in [-0.2, 0) is 22.4 Å². The summed E-state index contributed by atoms with van der Waals surface area (Å²) in [5.41, 5.74) is -2.26. The van der Waals surface area contributed by atoms with Crippen LogP contribution in [-0.4, -0.2) is 49.5 Å². The Balaban J connectivity index is 1.63. The van der Waals surface area contributed by atoms with Crippen LogP contribution in [0.4, 0.5) is 43.8 Å². The minimum atomic E-state index is -4.92. The molecule has 0 amide bonds. The fourth-order valence-corrected chi connectivity index (χ4v) is 5.87. The number of nitriles is 1. The predicted octanol–water partition coefficient (Wildman–Crippen LogP) is 4.92. The number of rotatable bonds is 5.